The molecule has 0 amide bonds. The quantitative estimate of drug-likeness (QED) is 0.0422. The fraction of sp³-hybridized carbons (Fsp3) is 0.0370. The standard InChI is InChI=1S/C27H22F3N5O10S3/c28-27(29,30)14-2-1-3-15(10-14)32-33-21-6-7-22(19-11-16(46(37,38)39)4-5-17(19)21)34-35-25-24(48(43,44)45)9-13-8-23(47(40,41)42)20(31)12-18(13)26(25)36/h1-12,32-36H,31H2,(H,37,38,39)(H,40,41,42)(H,43,44,45). The third kappa shape index (κ3) is 6.95. The van der Waals surface area contributed by atoms with Crippen molar-refractivity contribution in [2.24, 2.45) is 0 Å². The third-order valence-corrected chi connectivity index (χ3v) is 9.54. The number of hydrogen-bond donors (Lipinski definition) is 9. The van der Waals surface area contributed by atoms with E-state index >= 15 is 0 Å². The number of aromatic hydroxyl groups is 1. The highest BCUT2D eigenvalue weighted by molar-refractivity contribution is 7.86. The maximum atomic E-state index is 13.2. The van der Waals surface area contributed by atoms with Gasteiger partial charge in [0.05, 0.1) is 33.2 Å². The lowest BCUT2D eigenvalue weighted by Crippen LogP contribution is -2.14. The second-order valence-electron chi connectivity index (χ2n) is 10.1. The van der Waals surface area contributed by atoms with E-state index in [1.165, 1.54) is 30.3 Å². The predicted octanol–water partition coefficient (Wildman–Crippen LogP) is 4.92. The molecule has 5 aromatic rings. The van der Waals surface area contributed by atoms with Crippen molar-refractivity contribution in [3.63, 3.8) is 0 Å². The summed E-state index contributed by atoms with van der Waals surface area (Å²) in [5.41, 5.74) is 14.1. The van der Waals surface area contributed by atoms with E-state index in [2.05, 4.69) is 21.7 Å². The Morgan fingerprint density at radius 3 is 1.83 bits per heavy atom. The molecule has 0 aromatic heterocycles. The number of phenols is 1. The van der Waals surface area contributed by atoms with Crippen molar-refractivity contribution in [2.75, 3.05) is 27.4 Å². The van der Waals surface area contributed by atoms with Crippen LogP contribution in [0.3, 0.4) is 0 Å². The van der Waals surface area contributed by atoms with Gasteiger partial charge in [0.2, 0.25) is 0 Å². The number of nitrogens with two attached hydrogens (primary N) is 1. The maximum absolute atomic E-state index is 13.2. The summed E-state index contributed by atoms with van der Waals surface area (Å²) in [6, 6.07) is 12.7. The second-order valence-corrected chi connectivity index (χ2v) is 14.3. The van der Waals surface area contributed by atoms with E-state index in [-0.39, 0.29) is 38.6 Å². The van der Waals surface area contributed by atoms with E-state index in [0.717, 1.165) is 42.5 Å². The van der Waals surface area contributed by atoms with Gasteiger partial charge in [0.1, 0.15) is 21.2 Å². The van der Waals surface area contributed by atoms with Gasteiger partial charge in [0.15, 0.2) is 0 Å². The van der Waals surface area contributed by atoms with Crippen LogP contribution >= 0.6 is 0 Å². The number of halogens is 3. The summed E-state index contributed by atoms with van der Waals surface area (Å²) in [6.07, 6.45) is -4.61. The Morgan fingerprint density at radius 1 is 0.625 bits per heavy atom. The summed E-state index contributed by atoms with van der Waals surface area (Å²) >= 11 is 0. The molecule has 0 fully saturated rings. The summed E-state index contributed by atoms with van der Waals surface area (Å²) in [6.45, 7) is 0. The molecular weight excluding hydrogens is 708 g/mol. The molecule has 10 N–H and O–H groups in total. The molecule has 0 aliphatic heterocycles. The van der Waals surface area contributed by atoms with Crippen LogP contribution in [0.1, 0.15) is 5.56 Å². The minimum absolute atomic E-state index is 0.0119. The van der Waals surface area contributed by atoms with Crippen molar-refractivity contribution >= 4 is 80.3 Å². The fourth-order valence-corrected chi connectivity index (χ4v) is 6.52. The molecule has 5 rings (SSSR count). The molecule has 0 saturated heterocycles. The molecule has 0 aliphatic rings. The van der Waals surface area contributed by atoms with Crippen LogP contribution in [-0.4, -0.2) is 44.0 Å². The van der Waals surface area contributed by atoms with Crippen molar-refractivity contribution < 1.29 is 57.2 Å². The van der Waals surface area contributed by atoms with E-state index in [1.54, 1.807) is 0 Å². The molecule has 48 heavy (non-hydrogen) atoms. The van der Waals surface area contributed by atoms with Crippen molar-refractivity contribution in [1.29, 1.82) is 0 Å². The lowest BCUT2D eigenvalue weighted by molar-refractivity contribution is -0.137. The minimum Gasteiger partial charge on any atom is -0.505 e. The van der Waals surface area contributed by atoms with Gasteiger partial charge in [-0.05, 0) is 66.0 Å². The molecule has 0 saturated carbocycles. The van der Waals surface area contributed by atoms with Crippen molar-refractivity contribution in [3.05, 3.63) is 78.4 Å². The van der Waals surface area contributed by atoms with E-state index in [4.69, 9.17) is 5.73 Å². The van der Waals surface area contributed by atoms with E-state index < -0.39 is 73.9 Å². The van der Waals surface area contributed by atoms with Crippen LogP contribution in [0.25, 0.3) is 21.5 Å². The summed E-state index contributed by atoms with van der Waals surface area (Å²) in [4.78, 5) is -2.33. The smallest absolute Gasteiger partial charge is 0.416 e. The molecule has 0 aliphatic carbocycles. The monoisotopic (exact) mass is 729 g/mol. The molecule has 15 nitrogen and oxygen atoms in total. The zero-order valence-corrected chi connectivity index (χ0v) is 26.1. The number of anilines is 5. The van der Waals surface area contributed by atoms with Gasteiger partial charge in [-0.1, -0.05) is 12.1 Å². The van der Waals surface area contributed by atoms with Crippen LogP contribution in [0.5, 0.6) is 5.75 Å². The van der Waals surface area contributed by atoms with E-state index in [1.807, 2.05) is 0 Å². The summed E-state index contributed by atoms with van der Waals surface area (Å²) in [5.74, 6) is -0.854. The van der Waals surface area contributed by atoms with Gasteiger partial charge in [-0.3, -0.25) is 19.1 Å². The van der Waals surface area contributed by atoms with Gasteiger partial charge >= 0.3 is 6.18 Å². The Morgan fingerprint density at radius 2 is 1.23 bits per heavy atom. The van der Waals surface area contributed by atoms with Crippen molar-refractivity contribution in [3.8, 4) is 5.75 Å². The van der Waals surface area contributed by atoms with Gasteiger partial charge in [0.25, 0.3) is 30.4 Å². The largest absolute Gasteiger partial charge is 0.505 e. The Balaban J connectivity index is 1.58. The number of nitrogen functional groups attached to an aromatic ring is 1. The Bertz CT molecular complexity index is 2460. The van der Waals surface area contributed by atoms with Crippen LogP contribution in [0, 0.1) is 0 Å². The first-order valence-electron chi connectivity index (χ1n) is 12.9. The van der Waals surface area contributed by atoms with Crippen LogP contribution in [0.2, 0.25) is 0 Å². The van der Waals surface area contributed by atoms with Crippen LogP contribution in [0.4, 0.5) is 41.6 Å². The lowest BCUT2D eigenvalue weighted by Gasteiger charge is -2.19. The zero-order valence-electron chi connectivity index (χ0n) is 23.6. The molecular formula is C27H22F3N5O10S3. The number of fused-ring (bicyclic) bond motifs is 2. The molecule has 0 heterocycles. The molecule has 0 bridgehead atoms. The lowest BCUT2D eigenvalue weighted by atomic mass is 10.1. The first-order valence-corrected chi connectivity index (χ1v) is 17.3. The van der Waals surface area contributed by atoms with E-state index in [0.29, 0.717) is 0 Å². The van der Waals surface area contributed by atoms with Gasteiger partial charge in [-0.2, -0.15) is 38.4 Å². The third-order valence-electron chi connectivity index (χ3n) is 6.90. The van der Waals surface area contributed by atoms with Crippen LogP contribution in [0.15, 0.2) is 87.5 Å². The molecule has 254 valence electrons. The summed E-state index contributed by atoms with van der Waals surface area (Å²) in [7, 11) is -14.8. The highest BCUT2D eigenvalue weighted by atomic mass is 32.2. The fourth-order valence-electron chi connectivity index (χ4n) is 4.70. The molecule has 0 atom stereocenters. The van der Waals surface area contributed by atoms with Gasteiger partial charge in [-0.15, -0.1) is 0 Å². The van der Waals surface area contributed by atoms with Crippen molar-refractivity contribution in [2.45, 2.75) is 20.9 Å². The van der Waals surface area contributed by atoms with Crippen molar-refractivity contribution in [1.82, 2.24) is 0 Å². The Kier molecular flexibility index (Phi) is 8.48. The zero-order chi connectivity index (χ0) is 35.4. The number of alkyl halides is 3. The predicted molar refractivity (Wildman–Crippen MR) is 169 cm³/mol. The number of nitrogens with one attached hydrogen (secondary N) is 4. The average molecular weight is 730 g/mol. The topological polar surface area (TPSA) is 257 Å². The Hall–Kier alpha value is -5.06. The highest BCUT2D eigenvalue weighted by Gasteiger charge is 2.30. The number of benzene rings is 5. The van der Waals surface area contributed by atoms with E-state index in [9.17, 15) is 57.2 Å². The van der Waals surface area contributed by atoms with Gasteiger partial charge in [-0.25, -0.2) is 0 Å². The molecule has 5 aromatic carbocycles. The SMILES string of the molecule is Nc1cc2c(O)c(NNc3ccc(NNc4cccc(C(F)(F)F)c4)c4ccc(S(=O)(=O)O)cc34)c(S(=O)(=O)O)cc2cc1S(=O)(=O)O. The molecule has 0 radical (unpaired) electrons. The van der Waals surface area contributed by atoms with Crippen LogP contribution in [-0.2, 0) is 36.5 Å². The highest BCUT2D eigenvalue weighted by Crippen LogP contribution is 2.41. The second kappa shape index (κ2) is 11.9. The number of hydrazine groups is 2. The number of rotatable bonds is 9. The average Bonchev–Trinajstić information content (AvgIpc) is 2.97. The molecule has 0 unspecified atom stereocenters. The van der Waals surface area contributed by atoms with Gasteiger partial charge in [0, 0.05) is 16.2 Å². The first-order chi connectivity index (χ1) is 22.1. The summed E-state index contributed by atoms with van der Waals surface area (Å²) < 4.78 is 140. The van der Waals surface area contributed by atoms with Gasteiger partial charge < -0.3 is 27.1 Å². The molecule has 0 spiro atoms. The summed E-state index contributed by atoms with van der Waals surface area (Å²) in [5, 5.41) is 10.8. The first kappa shape index (κ1) is 34.3. The minimum atomic E-state index is -5.14. The normalized spacial score (nSPS) is 12.6. The maximum Gasteiger partial charge on any atom is 0.416 e. The molecule has 21 heteroatoms. The van der Waals surface area contributed by atoms with Crippen LogP contribution < -0.4 is 27.4 Å². The number of hydrogen-bond acceptors (Lipinski definition) is 12. The number of phenolic OH excluding ortho intramolecular Hbond substituents is 1. The Labute approximate surface area is 269 Å².